The van der Waals surface area contributed by atoms with Gasteiger partial charge in [0.2, 0.25) is 0 Å². The van der Waals surface area contributed by atoms with E-state index in [4.69, 9.17) is 22.6 Å². The van der Waals surface area contributed by atoms with Gasteiger partial charge in [-0.25, -0.2) is 4.39 Å². The summed E-state index contributed by atoms with van der Waals surface area (Å²) in [5.41, 5.74) is 7.98. The minimum atomic E-state index is -0.715. The van der Waals surface area contributed by atoms with Crippen molar-refractivity contribution in [1.29, 1.82) is 5.26 Å². The summed E-state index contributed by atoms with van der Waals surface area (Å²) in [5, 5.41) is 9.50. The summed E-state index contributed by atoms with van der Waals surface area (Å²) in [6, 6.07) is 10.5. The average Bonchev–Trinajstić information content (AvgIpc) is 2.65. The zero-order valence-corrected chi connectivity index (χ0v) is 12.8. The lowest BCUT2D eigenvalue weighted by molar-refractivity contribution is -0.119. The number of carbonyl (C=O) groups is 1. The van der Waals surface area contributed by atoms with Crippen molar-refractivity contribution in [3.05, 3.63) is 58.4 Å². The maximum atomic E-state index is 13.8. The highest BCUT2D eigenvalue weighted by Gasteiger charge is 2.28. The Morgan fingerprint density at radius 3 is 2.87 bits per heavy atom. The van der Waals surface area contributed by atoms with Crippen LogP contribution in [0.15, 0.2) is 36.4 Å². The molecule has 3 rings (SSSR count). The van der Waals surface area contributed by atoms with Crippen LogP contribution in [0.1, 0.15) is 11.1 Å². The Hall–Kier alpha value is -2.42. The minimum Gasteiger partial charge on any atom is -0.339 e. The van der Waals surface area contributed by atoms with E-state index in [1.165, 1.54) is 6.07 Å². The highest BCUT2D eigenvalue weighted by atomic mass is 35.5. The molecule has 1 atom stereocenters. The Morgan fingerprint density at radius 1 is 1.35 bits per heavy atom. The molecule has 0 radical (unpaired) electrons. The van der Waals surface area contributed by atoms with Crippen LogP contribution in [-0.4, -0.2) is 18.4 Å². The number of anilines is 2. The third-order valence-corrected chi connectivity index (χ3v) is 4.21. The van der Waals surface area contributed by atoms with Crippen LogP contribution in [0, 0.1) is 17.1 Å². The molecular formula is C17H13ClFN3O. The maximum absolute atomic E-state index is 13.8. The molecule has 0 bridgehead atoms. The molecular weight excluding hydrogens is 317 g/mol. The average molecular weight is 330 g/mol. The molecule has 4 nitrogen and oxygen atoms in total. The summed E-state index contributed by atoms with van der Waals surface area (Å²) in [6.45, 7) is 0.195. The van der Waals surface area contributed by atoms with E-state index < -0.39 is 11.9 Å². The Bertz CT molecular complexity index is 831. The number of rotatable bonds is 1. The van der Waals surface area contributed by atoms with E-state index in [0.29, 0.717) is 22.0 Å². The first-order chi connectivity index (χ1) is 11.0. The molecule has 1 heterocycles. The quantitative estimate of drug-likeness (QED) is 0.873. The van der Waals surface area contributed by atoms with E-state index in [0.717, 1.165) is 6.07 Å². The first-order valence-corrected chi connectivity index (χ1v) is 7.41. The van der Waals surface area contributed by atoms with E-state index >= 15 is 0 Å². The number of halogens is 2. The largest absolute Gasteiger partial charge is 0.339 e. The van der Waals surface area contributed by atoms with Crippen molar-refractivity contribution in [1.82, 2.24) is 0 Å². The van der Waals surface area contributed by atoms with Gasteiger partial charge >= 0.3 is 0 Å². The number of nitrogens with zero attached hydrogens (tertiary/aromatic N) is 2. The van der Waals surface area contributed by atoms with Crippen molar-refractivity contribution in [2.24, 2.45) is 5.73 Å². The van der Waals surface area contributed by atoms with Crippen molar-refractivity contribution in [2.75, 3.05) is 11.4 Å². The number of nitrogens with two attached hydrogens (primary N) is 1. The van der Waals surface area contributed by atoms with Crippen LogP contribution < -0.4 is 10.6 Å². The molecule has 2 N–H and O–H groups in total. The second-order valence-electron chi connectivity index (χ2n) is 5.41. The molecule has 1 aliphatic rings. The summed E-state index contributed by atoms with van der Waals surface area (Å²) >= 11 is 6.22. The Kier molecular flexibility index (Phi) is 4.03. The smallest absolute Gasteiger partial charge is 0.155 e. The number of Topliss-reactive ketones (excluding diaryl/α,β-unsaturated/α-hetero) is 1. The van der Waals surface area contributed by atoms with E-state index in [2.05, 4.69) is 0 Å². The summed E-state index contributed by atoms with van der Waals surface area (Å²) in [6.07, 6.45) is 0.132. The number of fused-ring (bicyclic) bond motifs is 1. The highest BCUT2D eigenvalue weighted by Crippen LogP contribution is 2.35. The standard InChI is InChI=1S/C17H13ClFN3O/c18-14-2-1-3-16-13(14)7-17(23)15(21)9-22(16)12-5-10(8-20)4-11(19)6-12/h1-6,15H,7,9,21H2/t15-/m0/s1. The van der Waals surface area contributed by atoms with Gasteiger partial charge < -0.3 is 10.6 Å². The van der Waals surface area contributed by atoms with Crippen molar-refractivity contribution < 1.29 is 9.18 Å². The Morgan fingerprint density at radius 2 is 2.13 bits per heavy atom. The number of carbonyl (C=O) groups excluding carboxylic acids is 1. The molecule has 0 saturated heterocycles. The molecule has 23 heavy (non-hydrogen) atoms. The lowest BCUT2D eigenvalue weighted by atomic mass is 10.1. The molecule has 0 unspecified atom stereocenters. The first-order valence-electron chi connectivity index (χ1n) is 7.03. The number of hydrogen-bond donors (Lipinski definition) is 1. The van der Waals surface area contributed by atoms with Gasteiger partial charge in [-0.2, -0.15) is 5.26 Å². The van der Waals surface area contributed by atoms with Crippen molar-refractivity contribution in [2.45, 2.75) is 12.5 Å². The topological polar surface area (TPSA) is 70.1 Å². The molecule has 0 aromatic heterocycles. The van der Waals surface area contributed by atoms with Crippen molar-refractivity contribution >= 4 is 28.8 Å². The Labute approximate surface area is 137 Å². The van der Waals surface area contributed by atoms with Crippen molar-refractivity contribution in [3.8, 4) is 6.07 Å². The summed E-state index contributed by atoms with van der Waals surface area (Å²) in [4.78, 5) is 13.9. The monoisotopic (exact) mass is 329 g/mol. The molecule has 0 aliphatic carbocycles. The molecule has 0 fully saturated rings. The number of benzene rings is 2. The lowest BCUT2D eigenvalue weighted by Gasteiger charge is -2.26. The third-order valence-electron chi connectivity index (χ3n) is 3.85. The van der Waals surface area contributed by atoms with Crippen LogP contribution in [0.3, 0.4) is 0 Å². The molecule has 6 heteroatoms. The second kappa shape index (κ2) is 5.99. The molecule has 2 aromatic carbocycles. The van der Waals surface area contributed by atoms with Crippen LogP contribution in [0.25, 0.3) is 0 Å². The summed E-state index contributed by atoms with van der Waals surface area (Å²) in [7, 11) is 0. The lowest BCUT2D eigenvalue weighted by Crippen LogP contribution is -2.39. The van der Waals surface area contributed by atoms with Crippen LogP contribution in [0.4, 0.5) is 15.8 Å². The zero-order valence-electron chi connectivity index (χ0n) is 12.1. The van der Waals surface area contributed by atoms with Gasteiger partial charge in [-0.1, -0.05) is 17.7 Å². The van der Waals surface area contributed by atoms with Crippen molar-refractivity contribution in [3.63, 3.8) is 0 Å². The second-order valence-corrected chi connectivity index (χ2v) is 5.81. The molecule has 1 aliphatic heterocycles. The van der Waals surface area contributed by atoms with E-state index in [1.807, 2.05) is 12.1 Å². The van der Waals surface area contributed by atoms with E-state index in [9.17, 15) is 9.18 Å². The fourth-order valence-corrected chi connectivity index (χ4v) is 2.95. The maximum Gasteiger partial charge on any atom is 0.155 e. The third kappa shape index (κ3) is 2.91. The first kappa shape index (κ1) is 15.5. The fraction of sp³-hybridized carbons (Fsp3) is 0.176. The zero-order chi connectivity index (χ0) is 16.6. The van der Waals surface area contributed by atoms with Gasteiger partial charge in [0.05, 0.1) is 17.7 Å². The van der Waals surface area contributed by atoms with Crippen LogP contribution >= 0.6 is 11.6 Å². The predicted octanol–water partition coefficient (Wildman–Crippen LogP) is 2.94. The van der Waals surface area contributed by atoms with Gasteiger partial charge in [0.1, 0.15) is 5.82 Å². The number of hydrogen-bond acceptors (Lipinski definition) is 4. The number of ketones is 1. The number of nitriles is 1. The SMILES string of the molecule is N#Cc1cc(F)cc(N2C[C@H](N)C(=O)Cc3c(Cl)cccc32)c1. The van der Waals surface area contributed by atoms with Gasteiger partial charge in [0, 0.05) is 34.9 Å². The normalized spacial score (nSPS) is 17.4. The molecule has 0 spiro atoms. The molecule has 2 aromatic rings. The highest BCUT2D eigenvalue weighted by molar-refractivity contribution is 6.32. The van der Waals surface area contributed by atoms with Crippen LogP contribution in [0.5, 0.6) is 0 Å². The van der Waals surface area contributed by atoms with E-state index in [1.54, 1.807) is 23.1 Å². The van der Waals surface area contributed by atoms with Gasteiger partial charge in [0.25, 0.3) is 0 Å². The Balaban J connectivity index is 2.19. The molecule has 0 saturated carbocycles. The van der Waals surface area contributed by atoms with Gasteiger partial charge in [0.15, 0.2) is 5.78 Å². The van der Waals surface area contributed by atoms with Gasteiger partial charge in [-0.3, -0.25) is 4.79 Å². The predicted molar refractivity (Wildman–Crippen MR) is 86.3 cm³/mol. The van der Waals surface area contributed by atoms with Crippen LogP contribution in [0.2, 0.25) is 5.02 Å². The molecule has 116 valence electrons. The minimum absolute atomic E-state index is 0.126. The molecule has 0 amide bonds. The van der Waals surface area contributed by atoms with Gasteiger partial charge in [-0.05, 0) is 30.3 Å². The summed E-state index contributed by atoms with van der Waals surface area (Å²) < 4.78 is 13.8. The van der Waals surface area contributed by atoms with E-state index in [-0.39, 0.29) is 24.3 Å². The summed E-state index contributed by atoms with van der Waals surface area (Å²) in [5.74, 6) is -0.648. The fourth-order valence-electron chi connectivity index (χ4n) is 2.72. The van der Waals surface area contributed by atoms with Crippen LogP contribution in [-0.2, 0) is 11.2 Å². The van der Waals surface area contributed by atoms with Gasteiger partial charge in [-0.15, -0.1) is 0 Å².